The van der Waals surface area contributed by atoms with E-state index in [0.29, 0.717) is 17.5 Å². The van der Waals surface area contributed by atoms with Crippen LogP contribution in [0.4, 0.5) is 10.5 Å². The first kappa shape index (κ1) is 14.5. The molecule has 20 heavy (non-hydrogen) atoms. The zero-order chi connectivity index (χ0) is 14.5. The summed E-state index contributed by atoms with van der Waals surface area (Å²) in [6.07, 6.45) is 4.50. The van der Waals surface area contributed by atoms with Crippen LogP contribution in [0, 0.1) is 6.92 Å². The zero-order valence-electron chi connectivity index (χ0n) is 12.3. The highest BCUT2D eigenvalue weighted by molar-refractivity contribution is 5.91. The highest BCUT2D eigenvalue weighted by Crippen LogP contribution is 2.34. The second-order valence-corrected chi connectivity index (χ2v) is 5.05. The van der Waals surface area contributed by atoms with Gasteiger partial charge in [0.05, 0.1) is 19.9 Å². The molecule has 2 rings (SSSR count). The van der Waals surface area contributed by atoms with Crippen molar-refractivity contribution >= 4 is 11.7 Å². The maximum Gasteiger partial charge on any atom is 0.319 e. The maximum atomic E-state index is 12.0. The largest absolute Gasteiger partial charge is 0.496 e. The smallest absolute Gasteiger partial charge is 0.319 e. The predicted molar refractivity (Wildman–Crippen MR) is 78.7 cm³/mol. The molecule has 1 aliphatic carbocycles. The second-order valence-electron chi connectivity index (χ2n) is 5.05. The summed E-state index contributed by atoms with van der Waals surface area (Å²) in [4.78, 5) is 12.0. The van der Waals surface area contributed by atoms with Crippen LogP contribution in [0.3, 0.4) is 0 Å². The minimum atomic E-state index is -0.181. The van der Waals surface area contributed by atoms with Crippen molar-refractivity contribution in [2.45, 2.75) is 38.6 Å². The second kappa shape index (κ2) is 6.50. The molecular weight excluding hydrogens is 256 g/mol. The Morgan fingerprint density at radius 3 is 2.50 bits per heavy atom. The van der Waals surface area contributed by atoms with Crippen LogP contribution in [0.25, 0.3) is 0 Å². The lowest BCUT2D eigenvalue weighted by molar-refractivity contribution is 0.248. The fourth-order valence-electron chi connectivity index (χ4n) is 2.67. The molecule has 5 heteroatoms. The number of benzene rings is 1. The average Bonchev–Trinajstić information content (AvgIpc) is 2.92. The van der Waals surface area contributed by atoms with Gasteiger partial charge in [0, 0.05) is 11.6 Å². The van der Waals surface area contributed by atoms with Gasteiger partial charge in [0.2, 0.25) is 0 Å². The molecule has 0 aromatic heterocycles. The lowest BCUT2D eigenvalue weighted by atomic mass is 10.1. The van der Waals surface area contributed by atoms with Crippen LogP contribution >= 0.6 is 0 Å². The molecule has 1 fully saturated rings. The van der Waals surface area contributed by atoms with Crippen molar-refractivity contribution in [3.8, 4) is 11.5 Å². The lowest BCUT2D eigenvalue weighted by Crippen LogP contribution is -2.36. The van der Waals surface area contributed by atoms with Crippen molar-refractivity contribution in [3.05, 3.63) is 17.7 Å². The number of rotatable bonds is 4. The van der Waals surface area contributed by atoms with Crippen LogP contribution in [0.5, 0.6) is 11.5 Å². The Balaban J connectivity index is 2.08. The summed E-state index contributed by atoms with van der Waals surface area (Å²) in [7, 11) is 3.20. The van der Waals surface area contributed by atoms with E-state index in [1.54, 1.807) is 20.3 Å². The molecule has 0 heterocycles. The van der Waals surface area contributed by atoms with Crippen LogP contribution in [0.1, 0.15) is 31.2 Å². The molecular formula is C15H22N2O3. The number of carbonyl (C=O) groups is 1. The fourth-order valence-corrected chi connectivity index (χ4v) is 2.67. The molecule has 1 saturated carbocycles. The number of anilines is 1. The van der Waals surface area contributed by atoms with Crippen LogP contribution in [-0.4, -0.2) is 26.3 Å². The van der Waals surface area contributed by atoms with Crippen molar-refractivity contribution in [1.29, 1.82) is 0 Å². The van der Waals surface area contributed by atoms with Gasteiger partial charge in [-0.15, -0.1) is 0 Å². The number of amides is 2. The van der Waals surface area contributed by atoms with Gasteiger partial charge >= 0.3 is 6.03 Å². The molecule has 1 aromatic rings. The molecule has 0 radical (unpaired) electrons. The standard InChI is InChI=1S/C15H22N2O3/c1-10-13(19-2)9-8-12(14(10)20-3)17-15(18)16-11-6-4-5-7-11/h8-9,11H,4-7H2,1-3H3,(H2,16,17,18). The Labute approximate surface area is 119 Å². The minimum absolute atomic E-state index is 0.181. The van der Waals surface area contributed by atoms with Crippen molar-refractivity contribution in [3.63, 3.8) is 0 Å². The molecule has 0 saturated heterocycles. The van der Waals surface area contributed by atoms with Crippen molar-refractivity contribution in [1.82, 2.24) is 5.32 Å². The average molecular weight is 278 g/mol. The monoisotopic (exact) mass is 278 g/mol. The number of hydrogen-bond donors (Lipinski definition) is 2. The Bertz CT molecular complexity index is 482. The molecule has 0 bridgehead atoms. The highest BCUT2D eigenvalue weighted by Gasteiger charge is 2.18. The van der Waals surface area contributed by atoms with E-state index in [1.807, 2.05) is 13.0 Å². The van der Waals surface area contributed by atoms with Gasteiger partial charge in [-0.05, 0) is 31.9 Å². The number of nitrogens with one attached hydrogen (secondary N) is 2. The van der Waals surface area contributed by atoms with Gasteiger partial charge in [-0.3, -0.25) is 0 Å². The molecule has 110 valence electrons. The normalized spacial score (nSPS) is 14.9. The van der Waals surface area contributed by atoms with Crippen LogP contribution < -0.4 is 20.1 Å². The molecule has 0 unspecified atom stereocenters. The summed E-state index contributed by atoms with van der Waals surface area (Å²) in [5.74, 6) is 1.37. The van der Waals surface area contributed by atoms with Crippen LogP contribution in [0.15, 0.2) is 12.1 Å². The molecule has 2 amide bonds. The van der Waals surface area contributed by atoms with E-state index in [1.165, 1.54) is 12.8 Å². The van der Waals surface area contributed by atoms with E-state index < -0.39 is 0 Å². The lowest BCUT2D eigenvalue weighted by Gasteiger charge is -2.17. The van der Waals surface area contributed by atoms with Crippen molar-refractivity contribution in [2.24, 2.45) is 0 Å². The van der Waals surface area contributed by atoms with E-state index >= 15 is 0 Å². The Hall–Kier alpha value is -1.91. The molecule has 5 nitrogen and oxygen atoms in total. The van der Waals surface area contributed by atoms with Crippen LogP contribution in [-0.2, 0) is 0 Å². The Kier molecular flexibility index (Phi) is 4.71. The molecule has 0 aliphatic heterocycles. The summed E-state index contributed by atoms with van der Waals surface area (Å²) in [5, 5.41) is 5.84. The van der Waals surface area contributed by atoms with Gasteiger partial charge in [0.15, 0.2) is 0 Å². The van der Waals surface area contributed by atoms with Gasteiger partial charge < -0.3 is 20.1 Å². The quantitative estimate of drug-likeness (QED) is 0.889. The van der Waals surface area contributed by atoms with Gasteiger partial charge in [-0.1, -0.05) is 12.8 Å². The third-order valence-corrected chi connectivity index (χ3v) is 3.72. The van der Waals surface area contributed by atoms with E-state index in [0.717, 1.165) is 24.2 Å². The zero-order valence-corrected chi connectivity index (χ0v) is 12.3. The van der Waals surface area contributed by atoms with Gasteiger partial charge in [0.25, 0.3) is 0 Å². The summed E-state index contributed by atoms with van der Waals surface area (Å²) < 4.78 is 10.6. The number of hydrogen-bond acceptors (Lipinski definition) is 3. The topological polar surface area (TPSA) is 59.6 Å². The van der Waals surface area contributed by atoms with Crippen LogP contribution in [0.2, 0.25) is 0 Å². The first-order chi connectivity index (χ1) is 9.65. The fraction of sp³-hybridized carbons (Fsp3) is 0.533. The third-order valence-electron chi connectivity index (χ3n) is 3.72. The van der Waals surface area contributed by atoms with E-state index in [4.69, 9.17) is 9.47 Å². The SMILES string of the molecule is COc1ccc(NC(=O)NC2CCCC2)c(OC)c1C. The molecule has 2 N–H and O–H groups in total. The highest BCUT2D eigenvalue weighted by atomic mass is 16.5. The number of urea groups is 1. The summed E-state index contributed by atoms with van der Waals surface area (Å²) in [5.41, 5.74) is 1.52. The maximum absolute atomic E-state index is 12.0. The predicted octanol–water partition coefficient (Wildman–Crippen LogP) is 3.08. The van der Waals surface area contributed by atoms with E-state index in [2.05, 4.69) is 10.6 Å². The molecule has 0 spiro atoms. The van der Waals surface area contributed by atoms with Crippen molar-refractivity contribution < 1.29 is 14.3 Å². The third kappa shape index (κ3) is 3.15. The summed E-state index contributed by atoms with van der Waals surface area (Å²) >= 11 is 0. The Morgan fingerprint density at radius 2 is 1.90 bits per heavy atom. The first-order valence-corrected chi connectivity index (χ1v) is 6.94. The molecule has 0 atom stereocenters. The number of methoxy groups -OCH3 is 2. The van der Waals surface area contributed by atoms with Gasteiger partial charge in [-0.2, -0.15) is 0 Å². The first-order valence-electron chi connectivity index (χ1n) is 6.94. The summed E-state index contributed by atoms with van der Waals surface area (Å²) in [6.45, 7) is 1.90. The van der Waals surface area contributed by atoms with E-state index in [-0.39, 0.29) is 6.03 Å². The number of ether oxygens (including phenoxy) is 2. The minimum Gasteiger partial charge on any atom is -0.496 e. The Morgan fingerprint density at radius 1 is 1.20 bits per heavy atom. The van der Waals surface area contributed by atoms with Gasteiger partial charge in [-0.25, -0.2) is 4.79 Å². The number of carbonyl (C=O) groups excluding carboxylic acids is 1. The molecule has 1 aliphatic rings. The summed E-state index contributed by atoms with van der Waals surface area (Å²) in [6, 6.07) is 3.72. The van der Waals surface area contributed by atoms with E-state index in [9.17, 15) is 4.79 Å². The molecule has 1 aromatic carbocycles. The van der Waals surface area contributed by atoms with Gasteiger partial charge in [0.1, 0.15) is 11.5 Å². The van der Waals surface area contributed by atoms with Crippen molar-refractivity contribution in [2.75, 3.05) is 19.5 Å².